The zero-order valence-corrected chi connectivity index (χ0v) is 13.3. The first kappa shape index (κ1) is 17.7. The van der Waals surface area contributed by atoms with Gasteiger partial charge in [0, 0.05) is 13.1 Å². The number of hydrogen-bond acceptors (Lipinski definition) is 2. The fourth-order valence-corrected chi connectivity index (χ4v) is 2.53. The Labute approximate surface area is 145 Å². The minimum Gasteiger partial charge on any atom is -0.336 e. The van der Waals surface area contributed by atoms with Crippen LogP contribution in [0.3, 0.4) is 0 Å². The molecule has 3 aromatic rings. The second-order valence-corrected chi connectivity index (χ2v) is 5.43. The summed E-state index contributed by atoms with van der Waals surface area (Å²) in [5.41, 5.74) is 0.515. The van der Waals surface area contributed by atoms with Crippen LogP contribution < -0.4 is 10.6 Å². The van der Waals surface area contributed by atoms with Gasteiger partial charge in [-0.05, 0) is 24.3 Å². The Balaban J connectivity index is 1.70. The van der Waals surface area contributed by atoms with E-state index in [9.17, 15) is 22.4 Å². The SMILES string of the molecule is O=C(NCCn1c(C(F)(F)F)nc2ccccc21)Nc1ccccc1F. The number of alkyl halides is 3. The second-order valence-electron chi connectivity index (χ2n) is 5.43. The molecule has 0 aliphatic carbocycles. The van der Waals surface area contributed by atoms with Gasteiger partial charge in [-0.2, -0.15) is 13.2 Å². The molecule has 0 saturated carbocycles. The fourth-order valence-electron chi connectivity index (χ4n) is 2.53. The molecular weight excluding hydrogens is 352 g/mol. The first-order valence-electron chi connectivity index (χ1n) is 7.68. The number of carbonyl (C=O) groups excluding carboxylic acids is 1. The summed E-state index contributed by atoms with van der Waals surface area (Å²) in [4.78, 5) is 15.4. The highest BCUT2D eigenvalue weighted by molar-refractivity contribution is 5.89. The Hall–Kier alpha value is -3.10. The summed E-state index contributed by atoms with van der Waals surface area (Å²) in [6.07, 6.45) is -4.62. The van der Waals surface area contributed by atoms with Crippen LogP contribution in [0.25, 0.3) is 11.0 Å². The Morgan fingerprint density at radius 3 is 2.50 bits per heavy atom. The van der Waals surface area contributed by atoms with Gasteiger partial charge >= 0.3 is 12.2 Å². The summed E-state index contributed by atoms with van der Waals surface area (Å²) in [6.45, 7) is -0.232. The molecule has 26 heavy (non-hydrogen) atoms. The van der Waals surface area contributed by atoms with Gasteiger partial charge in [-0.3, -0.25) is 0 Å². The monoisotopic (exact) mass is 366 g/mol. The van der Waals surface area contributed by atoms with Crippen molar-refractivity contribution in [3.8, 4) is 0 Å². The molecule has 0 spiro atoms. The number of carbonyl (C=O) groups is 1. The van der Waals surface area contributed by atoms with Crippen LogP contribution in [-0.4, -0.2) is 22.1 Å². The van der Waals surface area contributed by atoms with E-state index >= 15 is 0 Å². The number of urea groups is 1. The van der Waals surface area contributed by atoms with Crippen molar-refractivity contribution in [1.82, 2.24) is 14.9 Å². The average molecular weight is 366 g/mol. The highest BCUT2D eigenvalue weighted by Gasteiger charge is 2.37. The number of imidazole rings is 1. The van der Waals surface area contributed by atoms with Gasteiger partial charge in [-0.1, -0.05) is 24.3 Å². The molecule has 0 atom stereocenters. The molecule has 2 N–H and O–H groups in total. The average Bonchev–Trinajstić information content (AvgIpc) is 2.96. The molecule has 5 nitrogen and oxygen atoms in total. The first-order valence-corrected chi connectivity index (χ1v) is 7.68. The van der Waals surface area contributed by atoms with Gasteiger partial charge in [0.2, 0.25) is 5.82 Å². The molecule has 0 unspecified atom stereocenters. The molecule has 0 saturated heterocycles. The summed E-state index contributed by atoms with van der Waals surface area (Å²) in [5.74, 6) is -1.64. The van der Waals surface area contributed by atoms with Crippen molar-refractivity contribution in [3.63, 3.8) is 0 Å². The molecule has 0 radical (unpaired) electrons. The molecule has 136 valence electrons. The summed E-state index contributed by atoms with van der Waals surface area (Å²) >= 11 is 0. The zero-order chi connectivity index (χ0) is 18.7. The molecule has 0 aliphatic rings. The highest BCUT2D eigenvalue weighted by Crippen LogP contribution is 2.31. The quantitative estimate of drug-likeness (QED) is 0.686. The standard InChI is InChI=1S/C17H14F4N4O/c18-11-5-1-2-6-12(11)24-16(26)22-9-10-25-14-8-4-3-7-13(14)23-15(25)17(19,20)21/h1-8H,9-10H2,(H2,22,24,26). The zero-order valence-electron chi connectivity index (χ0n) is 13.3. The number of rotatable bonds is 4. The molecule has 0 bridgehead atoms. The largest absolute Gasteiger partial charge is 0.449 e. The lowest BCUT2D eigenvalue weighted by molar-refractivity contribution is -0.146. The Morgan fingerprint density at radius 1 is 1.08 bits per heavy atom. The number of halogens is 4. The fraction of sp³-hybridized carbons (Fsp3) is 0.176. The molecule has 3 rings (SSSR count). The number of nitrogens with one attached hydrogen (secondary N) is 2. The van der Waals surface area contributed by atoms with E-state index in [0.717, 1.165) is 4.57 Å². The summed E-state index contributed by atoms with van der Waals surface area (Å²) < 4.78 is 54.0. The number of aromatic nitrogens is 2. The van der Waals surface area contributed by atoms with Crippen LogP contribution in [0.4, 0.5) is 28.0 Å². The number of benzene rings is 2. The maximum Gasteiger partial charge on any atom is 0.449 e. The van der Waals surface area contributed by atoms with Gasteiger partial charge in [-0.15, -0.1) is 0 Å². The Morgan fingerprint density at radius 2 is 1.77 bits per heavy atom. The number of nitrogens with zero attached hydrogens (tertiary/aromatic N) is 2. The lowest BCUT2D eigenvalue weighted by atomic mass is 10.3. The number of fused-ring (bicyclic) bond motifs is 1. The smallest absolute Gasteiger partial charge is 0.336 e. The van der Waals surface area contributed by atoms with Gasteiger partial charge in [0.25, 0.3) is 0 Å². The van der Waals surface area contributed by atoms with Crippen LogP contribution in [0, 0.1) is 5.82 Å². The topological polar surface area (TPSA) is 59.0 Å². The van der Waals surface area contributed by atoms with E-state index < -0.39 is 23.8 Å². The van der Waals surface area contributed by atoms with Gasteiger partial charge in [0.05, 0.1) is 16.7 Å². The van der Waals surface area contributed by atoms with E-state index in [-0.39, 0.29) is 24.3 Å². The molecule has 2 aromatic carbocycles. The Kier molecular flexibility index (Phi) is 4.79. The number of anilines is 1. The predicted octanol–water partition coefficient (Wildman–Crippen LogP) is 4.02. The van der Waals surface area contributed by atoms with Crippen molar-refractivity contribution < 1.29 is 22.4 Å². The van der Waals surface area contributed by atoms with Crippen molar-refractivity contribution in [1.29, 1.82) is 0 Å². The predicted molar refractivity (Wildman–Crippen MR) is 88.2 cm³/mol. The van der Waals surface area contributed by atoms with Crippen LogP contribution in [0.15, 0.2) is 48.5 Å². The summed E-state index contributed by atoms with van der Waals surface area (Å²) in [7, 11) is 0. The van der Waals surface area contributed by atoms with E-state index in [2.05, 4.69) is 15.6 Å². The van der Waals surface area contributed by atoms with Crippen molar-refractivity contribution in [2.75, 3.05) is 11.9 Å². The van der Waals surface area contributed by atoms with Crippen LogP contribution in [0.1, 0.15) is 5.82 Å². The molecular formula is C17H14F4N4O. The van der Waals surface area contributed by atoms with E-state index in [1.807, 2.05) is 0 Å². The number of amides is 2. The lowest BCUT2D eigenvalue weighted by Crippen LogP contribution is -2.32. The number of para-hydroxylation sites is 3. The minimum absolute atomic E-state index is 0.0194. The molecule has 0 fully saturated rings. The van der Waals surface area contributed by atoms with Gasteiger partial charge < -0.3 is 15.2 Å². The van der Waals surface area contributed by atoms with Crippen LogP contribution in [-0.2, 0) is 12.7 Å². The van der Waals surface area contributed by atoms with E-state index in [1.54, 1.807) is 18.2 Å². The molecule has 2 amide bonds. The van der Waals surface area contributed by atoms with Crippen molar-refractivity contribution in [2.24, 2.45) is 0 Å². The van der Waals surface area contributed by atoms with Crippen LogP contribution >= 0.6 is 0 Å². The lowest BCUT2D eigenvalue weighted by Gasteiger charge is -2.12. The molecule has 9 heteroatoms. The van der Waals surface area contributed by atoms with Crippen molar-refractivity contribution in [2.45, 2.75) is 12.7 Å². The second kappa shape index (κ2) is 7.03. The first-order chi connectivity index (χ1) is 12.4. The normalized spacial score (nSPS) is 11.5. The molecule has 0 aliphatic heterocycles. The van der Waals surface area contributed by atoms with Crippen molar-refractivity contribution in [3.05, 3.63) is 60.2 Å². The van der Waals surface area contributed by atoms with E-state index in [1.165, 1.54) is 30.3 Å². The van der Waals surface area contributed by atoms with Gasteiger partial charge in [-0.25, -0.2) is 14.2 Å². The maximum atomic E-state index is 13.5. The summed E-state index contributed by atoms with van der Waals surface area (Å²) in [5, 5.41) is 4.71. The van der Waals surface area contributed by atoms with Gasteiger partial charge in [0.15, 0.2) is 0 Å². The molecule has 1 aromatic heterocycles. The Bertz CT molecular complexity index is 936. The molecule has 1 heterocycles. The third-order valence-electron chi connectivity index (χ3n) is 3.65. The van der Waals surface area contributed by atoms with E-state index in [0.29, 0.717) is 5.52 Å². The van der Waals surface area contributed by atoms with E-state index in [4.69, 9.17) is 0 Å². The number of hydrogen-bond donors (Lipinski definition) is 2. The highest BCUT2D eigenvalue weighted by atomic mass is 19.4. The van der Waals surface area contributed by atoms with Gasteiger partial charge in [0.1, 0.15) is 5.82 Å². The van der Waals surface area contributed by atoms with Crippen LogP contribution in [0.5, 0.6) is 0 Å². The minimum atomic E-state index is -4.62. The summed E-state index contributed by atoms with van der Waals surface area (Å²) in [6, 6.07) is 11.1. The van der Waals surface area contributed by atoms with Crippen molar-refractivity contribution >= 4 is 22.8 Å². The third-order valence-corrected chi connectivity index (χ3v) is 3.65. The third kappa shape index (κ3) is 3.76. The van der Waals surface area contributed by atoms with Crippen LogP contribution in [0.2, 0.25) is 0 Å². The maximum absolute atomic E-state index is 13.5.